The largest absolute Gasteiger partial charge is 0.493 e. The number of ether oxygens (including phenoxy) is 3. The fourth-order valence-electron chi connectivity index (χ4n) is 3.38. The molecule has 3 rings (SSSR count). The molecule has 34 heavy (non-hydrogen) atoms. The topological polar surface area (TPSA) is 123 Å². The first kappa shape index (κ1) is 25.4. The summed E-state index contributed by atoms with van der Waals surface area (Å²) in [7, 11) is -0.904. The van der Waals surface area contributed by atoms with Gasteiger partial charge in [-0.3, -0.25) is 9.59 Å². The van der Waals surface area contributed by atoms with Gasteiger partial charge in [0.2, 0.25) is 10.0 Å². The van der Waals surface area contributed by atoms with Crippen LogP contribution in [-0.2, 0) is 30.8 Å². The molecule has 10 nitrogen and oxygen atoms in total. The van der Waals surface area contributed by atoms with Crippen LogP contribution in [0.1, 0.15) is 5.56 Å². The van der Waals surface area contributed by atoms with Gasteiger partial charge in [0.1, 0.15) is 12.0 Å². The molecule has 1 atom stereocenters. The summed E-state index contributed by atoms with van der Waals surface area (Å²) in [4.78, 5) is 24.2. The zero-order chi connectivity index (χ0) is 24.7. The third-order valence-electron chi connectivity index (χ3n) is 5.15. The van der Waals surface area contributed by atoms with Gasteiger partial charge in [-0.2, -0.15) is 4.31 Å². The first-order valence-electron chi connectivity index (χ1n) is 10.4. The first-order chi connectivity index (χ1) is 16.3. The zero-order valence-corrected chi connectivity index (χ0v) is 19.6. The normalized spacial score (nSPS) is 16.1. The lowest BCUT2D eigenvalue weighted by atomic mass is 10.1. The maximum Gasteiger partial charge on any atom is 0.309 e. The molecule has 2 N–H and O–H groups in total. The predicted molar refractivity (Wildman–Crippen MR) is 119 cm³/mol. The summed E-state index contributed by atoms with van der Waals surface area (Å²) in [5.41, 5.74) is 0.874. The molecule has 2 aromatic rings. The van der Waals surface area contributed by atoms with E-state index in [1.54, 1.807) is 12.1 Å². The van der Waals surface area contributed by atoms with Crippen LogP contribution < -0.4 is 20.1 Å². The summed E-state index contributed by atoms with van der Waals surface area (Å²) in [6, 6.07) is 9.75. The Hall–Kier alpha value is -3.22. The molecule has 184 valence electrons. The summed E-state index contributed by atoms with van der Waals surface area (Å²) in [6.45, 7) is 0.172. The number of halogens is 1. The molecule has 1 aliphatic rings. The summed E-state index contributed by atoms with van der Waals surface area (Å²) in [5.74, 6) is -1.19. The first-order valence-corrected chi connectivity index (χ1v) is 11.9. The smallest absolute Gasteiger partial charge is 0.309 e. The number of amides is 2. The van der Waals surface area contributed by atoms with Crippen molar-refractivity contribution in [3.8, 4) is 11.5 Å². The van der Waals surface area contributed by atoms with Crippen molar-refractivity contribution in [1.82, 2.24) is 14.9 Å². The van der Waals surface area contributed by atoms with E-state index in [9.17, 15) is 22.4 Å². The van der Waals surface area contributed by atoms with Crippen LogP contribution in [0.5, 0.6) is 11.5 Å². The Bertz CT molecular complexity index is 1130. The molecule has 1 aliphatic heterocycles. The number of nitrogens with zero attached hydrogens (tertiary/aromatic N) is 1. The maximum absolute atomic E-state index is 13.1. The molecule has 0 aromatic heterocycles. The fraction of sp³-hybridized carbons (Fsp3) is 0.364. The Kier molecular flexibility index (Phi) is 8.42. The zero-order valence-electron chi connectivity index (χ0n) is 18.7. The molecule has 0 bridgehead atoms. The van der Waals surface area contributed by atoms with Crippen LogP contribution in [0.15, 0.2) is 47.4 Å². The van der Waals surface area contributed by atoms with Crippen molar-refractivity contribution in [2.75, 3.05) is 40.5 Å². The van der Waals surface area contributed by atoms with Crippen molar-refractivity contribution < 1.29 is 36.6 Å². The molecular formula is C22H26FN3O7S. The Balaban J connectivity index is 1.49. The highest BCUT2D eigenvalue weighted by atomic mass is 32.2. The Morgan fingerprint density at radius 2 is 1.74 bits per heavy atom. The highest BCUT2D eigenvalue weighted by Gasteiger charge is 2.36. The van der Waals surface area contributed by atoms with Crippen molar-refractivity contribution in [2.24, 2.45) is 0 Å². The summed E-state index contributed by atoms with van der Waals surface area (Å²) < 4.78 is 55.7. The van der Waals surface area contributed by atoms with Gasteiger partial charge in [0.15, 0.2) is 11.5 Å². The lowest BCUT2D eigenvalue weighted by molar-refractivity contribution is -0.139. The molecule has 0 unspecified atom stereocenters. The molecule has 12 heteroatoms. The van der Waals surface area contributed by atoms with Crippen LogP contribution in [0.25, 0.3) is 0 Å². The minimum atomic E-state index is -3.96. The van der Waals surface area contributed by atoms with E-state index in [-0.39, 0.29) is 31.1 Å². The molecule has 0 spiro atoms. The van der Waals surface area contributed by atoms with Gasteiger partial charge in [0.25, 0.3) is 0 Å². The number of sulfonamides is 1. The number of rotatable bonds is 9. The second-order valence-corrected chi connectivity index (χ2v) is 9.19. The summed E-state index contributed by atoms with van der Waals surface area (Å²) in [6.07, 6.45) is -0.534. The minimum absolute atomic E-state index is 0.0672. The highest BCUT2D eigenvalue weighted by Crippen LogP contribution is 2.27. The third-order valence-corrected chi connectivity index (χ3v) is 7.06. The number of hydrogen-bond donors (Lipinski definition) is 2. The Labute approximate surface area is 197 Å². The average Bonchev–Trinajstić information content (AvgIpc) is 3.32. The molecule has 1 heterocycles. The van der Waals surface area contributed by atoms with Crippen molar-refractivity contribution in [3.63, 3.8) is 0 Å². The lowest BCUT2D eigenvalue weighted by Crippen LogP contribution is -2.47. The van der Waals surface area contributed by atoms with Gasteiger partial charge < -0.3 is 24.8 Å². The number of benzene rings is 2. The van der Waals surface area contributed by atoms with Gasteiger partial charge in [-0.15, -0.1) is 0 Å². The van der Waals surface area contributed by atoms with Gasteiger partial charge >= 0.3 is 11.8 Å². The molecule has 1 fully saturated rings. The van der Waals surface area contributed by atoms with E-state index in [1.165, 1.54) is 14.2 Å². The van der Waals surface area contributed by atoms with Crippen LogP contribution in [0.3, 0.4) is 0 Å². The van der Waals surface area contributed by atoms with E-state index in [0.717, 1.165) is 34.1 Å². The summed E-state index contributed by atoms with van der Waals surface area (Å²) >= 11 is 0. The number of carbonyl (C=O) groups excluding carboxylic acids is 2. The monoisotopic (exact) mass is 495 g/mol. The second kappa shape index (κ2) is 11.3. The van der Waals surface area contributed by atoms with Gasteiger partial charge in [0, 0.05) is 13.1 Å². The van der Waals surface area contributed by atoms with E-state index >= 15 is 0 Å². The fourth-order valence-corrected chi connectivity index (χ4v) is 4.89. The van der Waals surface area contributed by atoms with Crippen molar-refractivity contribution in [3.05, 3.63) is 53.8 Å². The molecule has 0 saturated carbocycles. The SMILES string of the molecule is COc1ccc(CCNC(=O)C(=O)NC[C@H]2OCCN2S(=O)(=O)c2ccc(F)cc2)cc1OC. The number of methoxy groups -OCH3 is 2. The minimum Gasteiger partial charge on any atom is -0.493 e. The molecular weight excluding hydrogens is 469 g/mol. The van der Waals surface area contributed by atoms with Crippen LogP contribution in [0.4, 0.5) is 4.39 Å². The van der Waals surface area contributed by atoms with Crippen molar-refractivity contribution in [2.45, 2.75) is 17.5 Å². The van der Waals surface area contributed by atoms with E-state index < -0.39 is 33.9 Å². The molecule has 0 aliphatic carbocycles. The Morgan fingerprint density at radius 1 is 1.06 bits per heavy atom. The molecule has 1 saturated heterocycles. The quantitative estimate of drug-likeness (QED) is 0.490. The summed E-state index contributed by atoms with van der Waals surface area (Å²) in [5, 5.41) is 4.90. The van der Waals surface area contributed by atoms with E-state index in [0.29, 0.717) is 17.9 Å². The van der Waals surface area contributed by atoms with Gasteiger partial charge in [0.05, 0.1) is 32.3 Å². The number of nitrogens with one attached hydrogen (secondary N) is 2. The Morgan fingerprint density at radius 3 is 2.41 bits per heavy atom. The highest BCUT2D eigenvalue weighted by molar-refractivity contribution is 7.89. The van der Waals surface area contributed by atoms with E-state index in [2.05, 4.69) is 10.6 Å². The van der Waals surface area contributed by atoms with Gasteiger partial charge in [-0.1, -0.05) is 6.07 Å². The predicted octanol–water partition coefficient (Wildman–Crippen LogP) is 0.665. The van der Waals surface area contributed by atoms with E-state index in [1.807, 2.05) is 6.07 Å². The molecule has 2 amide bonds. The van der Waals surface area contributed by atoms with E-state index in [4.69, 9.17) is 14.2 Å². The van der Waals surface area contributed by atoms with Crippen LogP contribution in [0, 0.1) is 5.82 Å². The molecule has 2 aromatic carbocycles. The van der Waals surface area contributed by atoms with Crippen molar-refractivity contribution in [1.29, 1.82) is 0 Å². The number of hydrogen-bond acceptors (Lipinski definition) is 7. The van der Waals surface area contributed by atoms with Crippen LogP contribution in [0.2, 0.25) is 0 Å². The van der Waals surface area contributed by atoms with Crippen LogP contribution >= 0.6 is 0 Å². The maximum atomic E-state index is 13.1. The average molecular weight is 496 g/mol. The molecule has 0 radical (unpaired) electrons. The lowest BCUT2D eigenvalue weighted by Gasteiger charge is -2.22. The standard InChI is InChI=1S/C22H26FN3O7S/c1-31-18-8-3-15(13-19(18)32-2)9-10-24-21(27)22(28)25-14-20-26(11-12-33-20)34(29,30)17-6-4-16(23)5-7-17/h3-8,13,20H,9-12,14H2,1-2H3,(H,24,27)(H,25,28)/t20-/m1/s1. The third kappa shape index (κ3) is 6.01. The van der Waals surface area contributed by atoms with Crippen molar-refractivity contribution >= 4 is 21.8 Å². The van der Waals surface area contributed by atoms with Gasteiger partial charge in [-0.05, 0) is 48.4 Å². The second-order valence-electron chi connectivity index (χ2n) is 7.30. The van der Waals surface area contributed by atoms with Gasteiger partial charge in [-0.25, -0.2) is 12.8 Å². The van der Waals surface area contributed by atoms with Crippen LogP contribution in [-0.4, -0.2) is 71.2 Å². The number of carbonyl (C=O) groups is 2.